The molecule has 1 aromatic carbocycles. The predicted molar refractivity (Wildman–Crippen MR) is 89.8 cm³/mol. The SMILES string of the molecule is CC(C)[Si](OC1Cc2ccccc2C1)(C(C)C)C(C)C. The second kappa shape index (κ2) is 6.03. The van der Waals surface area contributed by atoms with Crippen LogP contribution in [0.2, 0.25) is 16.6 Å². The third-order valence-corrected chi connectivity index (χ3v) is 11.2. The summed E-state index contributed by atoms with van der Waals surface area (Å²) in [5.74, 6) is 0. The molecule has 0 atom stereocenters. The van der Waals surface area contributed by atoms with Crippen molar-refractivity contribution >= 4 is 8.32 Å². The van der Waals surface area contributed by atoms with Crippen molar-refractivity contribution in [3.63, 3.8) is 0 Å². The van der Waals surface area contributed by atoms with Crippen molar-refractivity contribution < 1.29 is 4.43 Å². The lowest BCUT2D eigenvalue weighted by molar-refractivity contribution is 0.184. The Labute approximate surface area is 125 Å². The van der Waals surface area contributed by atoms with Crippen molar-refractivity contribution in [2.45, 2.75) is 77.1 Å². The Hall–Kier alpha value is -0.603. The third kappa shape index (κ3) is 2.73. The Morgan fingerprint density at radius 1 is 0.850 bits per heavy atom. The summed E-state index contributed by atoms with van der Waals surface area (Å²) in [5, 5.41) is 0. The van der Waals surface area contributed by atoms with Gasteiger partial charge in [-0.2, -0.15) is 0 Å². The van der Waals surface area contributed by atoms with Crippen LogP contribution in [0.4, 0.5) is 0 Å². The fraction of sp³-hybridized carbons (Fsp3) is 0.667. The van der Waals surface area contributed by atoms with Gasteiger partial charge >= 0.3 is 0 Å². The van der Waals surface area contributed by atoms with E-state index < -0.39 is 8.32 Å². The first-order valence-corrected chi connectivity index (χ1v) is 10.3. The van der Waals surface area contributed by atoms with E-state index in [1.54, 1.807) is 0 Å². The Morgan fingerprint density at radius 2 is 1.25 bits per heavy atom. The van der Waals surface area contributed by atoms with Crippen LogP contribution in [-0.2, 0) is 17.3 Å². The van der Waals surface area contributed by atoms with Gasteiger partial charge in [0.25, 0.3) is 0 Å². The van der Waals surface area contributed by atoms with Gasteiger partial charge in [-0.05, 0) is 40.6 Å². The van der Waals surface area contributed by atoms with Gasteiger partial charge in [0.1, 0.15) is 0 Å². The molecule has 0 spiro atoms. The molecule has 0 radical (unpaired) electrons. The number of hydrogen-bond donors (Lipinski definition) is 0. The maximum absolute atomic E-state index is 6.90. The second-order valence-corrected chi connectivity index (χ2v) is 12.6. The Morgan fingerprint density at radius 3 is 1.60 bits per heavy atom. The van der Waals surface area contributed by atoms with Crippen LogP contribution in [0.1, 0.15) is 52.7 Å². The molecule has 0 amide bonds. The van der Waals surface area contributed by atoms with E-state index in [9.17, 15) is 0 Å². The zero-order valence-electron chi connectivity index (χ0n) is 13.9. The first kappa shape index (κ1) is 15.8. The molecule has 0 aliphatic heterocycles. The third-order valence-electron chi connectivity index (χ3n) is 5.09. The lowest BCUT2D eigenvalue weighted by Gasteiger charge is -2.44. The molecule has 2 rings (SSSR count). The summed E-state index contributed by atoms with van der Waals surface area (Å²) < 4.78 is 6.90. The van der Waals surface area contributed by atoms with Crippen molar-refractivity contribution in [2.75, 3.05) is 0 Å². The summed E-state index contributed by atoms with van der Waals surface area (Å²) in [4.78, 5) is 0. The van der Waals surface area contributed by atoms with Crippen LogP contribution in [0.15, 0.2) is 24.3 Å². The Bertz CT molecular complexity index is 404. The molecule has 20 heavy (non-hydrogen) atoms. The van der Waals surface area contributed by atoms with Crippen LogP contribution in [0.5, 0.6) is 0 Å². The Kier molecular flexibility index (Phi) is 4.75. The minimum atomic E-state index is -1.73. The van der Waals surface area contributed by atoms with Gasteiger partial charge in [-0.1, -0.05) is 65.8 Å². The van der Waals surface area contributed by atoms with Gasteiger partial charge in [0.2, 0.25) is 8.32 Å². The molecule has 1 aliphatic carbocycles. The molecule has 0 aromatic heterocycles. The van der Waals surface area contributed by atoms with Gasteiger partial charge in [0, 0.05) is 0 Å². The molecule has 0 N–H and O–H groups in total. The zero-order valence-corrected chi connectivity index (χ0v) is 14.9. The number of hydrogen-bond acceptors (Lipinski definition) is 1. The molecule has 1 nitrogen and oxygen atoms in total. The van der Waals surface area contributed by atoms with Crippen molar-refractivity contribution in [2.24, 2.45) is 0 Å². The standard InChI is InChI=1S/C18H30OSi/c1-13(2)20(14(3)4,15(5)6)19-18-11-16-9-7-8-10-17(16)12-18/h7-10,13-15,18H,11-12H2,1-6H3. The van der Waals surface area contributed by atoms with E-state index in [1.165, 1.54) is 11.1 Å². The van der Waals surface area contributed by atoms with Crippen LogP contribution in [0.3, 0.4) is 0 Å². The average molecular weight is 291 g/mol. The average Bonchev–Trinajstić information content (AvgIpc) is 2.76. The van der Waals surface area contributed by atoms with Gasteiger partial charge in [0.15, 0.2) is 0 Å². The number of fused-ring (bicyclic) bond motifs is 1. The molecule has 0 saturated carbocycles. The van der Waals surface area contributed by atoms with Gasteiger partial charge < -0.3 is 4.43 Å². The summed E-state index contributed by atoms with van der Waals surface area (Å²) >= 11 is 0. The summed E-state index contributed by atoms with van der Waals surface area (Å²) in [6.45, 7) is 14.2. The van der Waals surface area contributed by atoms with E-state index in [1.807, 2.05) is 0 Å². The topological polar surface area (TPSA) is 9.23 Å². The number of benzene rings is 1. The summed E-state index contributed by atoms with van der Waals surface area (Å²) in [5.41, 5.74) is 5.01. The molecule has 112 valence electrons. The van der Waals surface area contributed by atoms with E-state index in [4.69, 9.17) is 4.43 Å². The van der Waals surface area contributed by atoms with Gasteiger partial charge in [0.05, 0.1) is 6.10 Å². The summed E-state index contributed by atoms with van der Waals surface area (Å²) in [7, 11) is -1.73. The molecule has 1 aliphatic rings. The summed E-state index contributed by atoms with van der Waals surface area (Å²) in [6.07, 6.45) is 2.63. The minimum absolute atomic E-state index is 0.409. The fourth-order valence-electron chi connectivity index (χ4n) is 4.30. The lowest BCUT2D eigenvalue weighted by atomic mass is 10.1. The van der Waals surface area contributed by atoms with Crippen LogP contribution < -0.4 is 0 Å². The lowest BCUT2D eigenvalue weighted by Crippen LogP contribution is -2.50. The van der Waals surface area contributed by atoms with Gasteiger partial charge in [-0.15, -0.1) is 0 Å². The molecule has 0 saturated heterocycles. The fourth-order valence-corrected chi connectivity index (χ4v) is 9.86. The molecule has 0 bridgehead atoms. The quantitative estimate of drug-likeness (QED) is 0.665. The molecule has 1 aromatic rings. The molecular weight excluding hydrogens is 260 g/mol. The minimum Gasteiger partial charge on any atom is -0.412 e. The van der Waals surface area contributed by atoms with Crippen molar-refractivity contribution in [1.29, 1.82) is 0 Å². The van der Waals surface area contributed by atoms with E-state index in [0.717, 1.165) is 12.8 Å². The maximum atomic E-state index is 6.90. The predicted octanol–water partition coefficient (Wildman–Crippen LogP) is 5.35. The zero-order chi connectivity index (χ0) is 14.9. The highest BCUT2D eigenvalue weighted by Gasteiger charge is 2.47. The molecular formula is C18H30OSi. The van der Waals surface area contributed by atoms with Crippen LogP contribution in [-0.4, -0.2) is 14.4 Å². The van der Waals surface area contributed by atoms with Gasteiger partial charge in [-0.3, -0.25) is 0 Å². The first-order valence-electron chi connectivity index (χ1n) is 8.12. The highest BCUT2D eigenvalue weighted by molar-refractivity contribution is 6.77. The monoisotopic (exact) mass is 290 g/mol. The highest BCUT2D eigenvalue weighted by Crippen LogP contribution is 2.44. The van der Waals surface area contributed by atoms with Crippen molar-refractivity contribution in [1.82, 2.24) is 0 Å². The normalized spacial score (nSPS) is 16.4. The number of rotatable bonds is 5. The first-order chi connectivity index (χ1) is 9.37. The molecule has 0 fully saturated rings. The van der Waals surface area contributed by atoms with Gasteiger partial charge in [-0.25, -0.2) is 0 Å². The maximum Gasteiger partial charge on any atom is 0.200 e. The smallest absolute Gasteiger partial charge is 0.200 e. The van der Waals surface area contributed by atoms with E-state index in [0.29, 0.717) is 22.7 Å². The van der Waals surface area contributed by atoms with Crippen LogP contribution in [0, 0.1) is 0 Å². The second-order valence-electron chi connectivity index (χ2n) is 7.23. The molecule has 0 unspecified atom stereocenters. The van der Waals surface area contributed by atoms with Crippen molar-refractivity contribution in [3.8, 4) is 0 Å². The Balaban J connectivity index is 2.19. The summed E-state index contributed by atoms with van der Waals surface area (Å²) in [6, 6.07) is 8.84. The van der Waals surface area contributed by atoms with Crippen LogP contribution >= 0.6 is 0 Å². The molecule has 2 heteroatoms. The highest BCUT2D eigenvalue weighted by atomic mass is 28.4. The van der Waals surface area contributed by atoms with E-state index in [2.05, 4.69) is 65.8 Å². The van der Waals surface area contributed by atoms with E-state index in [-0.39, 0.29) is 0 Å². The van der Waals surface area contributed by atoms with Crippen LogP contribution in [0.25, 0.3) is 0 Å². The van der Waals surface area contributed by atoms with Crippen molar-refractivity contribution in [3.05, 3.63) is 35.4 Å². The molecule has 0 heterocycles. The van der Waals surface area contributed by atoms with E-state index >= 15 is 0 Å². The largest absolute Gasteiger partial charge is 0.412 e.